The third kappa shape index (κ3) is 3.63. The molecule has 4 rings (SSSR count). The molecule has 1 aromatic carbocycles. The summed E-state index contributed by atoms with van der Waals surface area (Å²) in [6, 6.07) is 10.1. The summed E-state index contributed by atoms with van der Waals surface area (Å²) in [6.07, 6.45) is 1.48. The lowest BCUT2D eigenvalue weighted by atomic mass is 10.1. The van der Waals surface area contributed by atoms with E-state index in [1.165, 1.54) is 35.2 Å². The molecule has 0 radical (unpaired) electrons. The summed E-state index contributed by atoms with van der Waals surface area (Å²) in [7, 11) is 0. The Kier molecular flexibility index (Phi) is 5.36. The van der Waals surface area contributed by atoms with Gasteiger partial charge >= 0.3 is 5.97 Å². The predicted octanol–water partition coefficient (Wildman–Crippen LogP) is 4.10. The second-order valence-corrected chi connectivity index (χ2v) is 7.62. The van der Waals surface area contributed by atoms with E-state index in [4.69, 9.17) is 4.74 Å². The lowest BCUT2D eigenvalue weighted by Crippen LogP contribution is -2.21. The lowest BCUT2D eigenvalue weighted by Gasteiger charge is -2.15. The summed E-state index contributed by atoms with van der Waals surface area (Å²) in [5.41, 5.74) is 0.999. The number of hydrogen-bond donors (Lipinski definition) is 0. The topological polar surface area (TPSA) is 69.4 Å². The van der Waals surface area contributed by atoms with E-state index >= 15 is 0 Å². The quantitative estimate of drug-likeness (QED) is 0.464. The maximum atomic E-state index is 14.1. The highest BCUT2D eigenvalue weighted by Gasteiger charge is 2.26. The summed E-state index contributed by atoms with van der Waals surface area (Å²) in [5.74, 6) is 0.0440. The number of ether oxygens (including phenoxy) is 1. The number of fused-ring (bicyclic) bond motifs is 1. The summed E-state index contributed by atoms with van der Waals surface area (Å²) in [5, 5.41) is 15.6. The minimum atomic E-state index is -0.542. The number of halogens is 1. The van der Waals surface area contributed by atoms with Gasteiger partial charge in [-0.25, -0.2) is 9.18 Å². The molecule has 0 unspecified atom stereocenters. The number of rotatable bonds is 5. The van der Waals surface area contributed by atoms with E-state index in [-0.39, 0.29) is 12.2 Å². The molecule has 28 heavy (non-hydrogen) atoms. The van der Waals surface area contributed by atoms with Crippen molar-refractivity contribution in [2.45, 2.75) is 12.1 Å². The number of aromatic nitrogens is 3. The summed E-state index contributed by atoms with van der Waals surface area (Å²) >= 11 is 2.94. The molecule has 0 bridgehead atoms. The van der Waals surface area contributed by atoms with Gasteiger partial charge in [0.1, 0.15) is 5.82 Å². The van der Waals surface area contributed by atoms with Crippen LogP contribution >= 0.6 is 23.1 Å². The third-order valence-corrected chi connectivity index (χ3v) is 5.72. The van der Waals surface area contributed by atoms with Crippen molar-refractivity contribution >= 4 is 40.9 Å². The number of esters is 1. The molecular formula is C19H15FN4O2S2. The average molecular weight is 414 g/mol. The zero-order valence-electron chi connectivity index (χ0n) is 14.8. The van der Waals surface area contributed by atoms with Crippen LogP contribution in [-0.4, -0.2) is 38.9 Å². The smallest absolute Gasteiger partial charge is 0.340 e. The van der Waals surface area contributed by atoms with E-state index in [2.05, 4.69) is 15.3 Å². The van der Waals surface area contributed by atoms with E-state index in [1.807, 2.05) is 17.5 Å². The van der Waals surface area contributed by atoms with Crippen molar-refractivity contribution < 1.29 is 13.9 Å². The maximum Gasteiger partial charge on any atom is 0.340 e. The summed E-state index contributed by atoms with van der Waals surface area (Å²) < 4.78 is 20.9. The monoisotopic (exact) mass is 414 g/mol. The van der Waals surface area contributed by atoms with Crippen molar-refractivity contribution in [2.75, 3.05) is 12.4 Å². The number of thiophene rings is 1. The van der Waals surface area contributed by atoms with Crippen LogP contribution in [0.15, 0.2) is 57.6 Å². The van der Waals surface area contributed by atoms with E-state index in [1.54, 1.807) is 29.8 Å². The molecule has 2 aromatic heterocycles. The fourth-order valence-electron chi connectivity index (χ4n) is 2.64. The fraction of sp³-hybridized carbons (Fsp3) is 0.158. The average Bonchev–Trinajstić information content (AvgIpc) is 3.36. The van der Waals surface area contributed by atoms with E-state index in [9.17, 15) is 9.18 Å². The zero-order chi connectivity index (χ0) is 19.5. The minimum Gasteiger partial charge on any atom is -0.462 e. The van der Waals surface area contributed by atoms with Gasteiger partial charge in [0.2, 0.25) is 5.16 Å². The van der Waals surface area contributed by atoms with Gasteiger partial charge in [0, 0.05) is 11.3 Å². The maximum absolute atomic E-state index is 14.1. The lowest BCUT2D eigenvalue weighted by molar-refractivity contribution is -0.137. The molecule has 1 aliphatic rings. The molecular weight excluding hydrogens is 399 g/mol. The van der Waals surface area contributed by atoms with Crippen LogP contribution in [0.5, 0.6) is 0 Å². The largest absolute Gasteiger partial charge is 0.462 e. The highest BCUT2D eigenvalue weighted by Crippen LogP contribution is 2.31. The Balaban J connectivity index is 1.80. The van der Waals surface area contributed by atoms with Crippen molar-refractivity contribution in [1.82, 2.24) is 14.9 Å². The molecule has 6 nitrogen and oxygen atoms in total. The molecule has 1 aliphatic heterocycles. The first-order valence-electron chi connectivity index (χ1n) is 8.51. The van der Waals surface area contributed by atoms with Crippen LogP contribution in [0.3, 0.4) is 0 Å². The summed E-state index contributed by atoms with van der Waals surface area (Å²) in [4.78, 5) is 13.5. The summed E-state index contributed by atoms with van der Waals surface area (Å²) in [6.45, 7) is 1.94. The fourth-order valence-corrected chi connectivity index (χ4v) is 4.16. The Labute approximate surface area is 168 Å². The Morgan fingerprint density at radius 2 is 2.14 bits per heavy atom. The van der Waals surface area contributed by atoms with Gasteiger partial charge in [-0.1, -0.05) is 36.0 Å². The third-order valence-electron chi connectivity index (χ3n) is 3.92. The molecule has 3 heterocycles. The molecule has 3 aromatic rings. The SMILES string of the molecule is CCOC(=O)/C(=C\c1ccccc1F)C1=Nn2c(nnc2-c2cccs2)SC1. The van der Waals surface area contributed by atoms with Crippen molar-refractivity contribution in [3.63, 3.8) is 0 Å². The molecule has 0 N–H and O–H groups in total. The number of nitrogens with zero attached hydrogens (tertiary/aromatic N) is 4. The molecule has 0 saturated heterocycles. The van der Waals surface area contributed by atoms with Crippen LogP contribution in [-0.2, 0) is 9.53 Å². The van der Waals surface area contributed by atoms with E-state index < -0.39 is 11.8 Å². The van der Waals surface area contributed by atoms with Gasteiger partial charge in [0.05, 0.1) is 22.8 Å². The highest BCUT2D eigenvalue weighted by atomic mass is 32.2. The molecule has 9 heteroatoms. The van der Waals surface area contributed by atoms with Gasteiger partial charge < -0.3 is 4.74 Å². The van der Waals surface area contributed by atoms with Gasteiger partial charge in [0.25, 0.3) is 0 Å². The van der Waals surface area contributed by atoms with E-state index in [0.29, 0.717) is 28.0 Å². The Morgan fingerprint density at radius 3 is 2.89 bits per heavy atom. The van der Waals surface area contributed by atoms with Gasteiger partial charge in [-0.05, 0) is 30.5 Å². The standard InChI is InChI=1S/C19H15FN4O2S2/c1-2-26-18(25)13(10-12-6-3-4-7-14(12)20)15-11-28-19-22-21-17(24(19)23-15)16-8-5-9-27-16/h3-10H,2,11H2,1H3/b13-10-. The first kappa shape index (κ1) is 18.6. The first-order chi connectivity index (χ1) is 13.7. The Bertz CT molecular complexity index is 1070. The van der Waals surface area contributed by atoms with Crippen LogP contribution in [0.1, 0.15) is 12.5 Å². The van der Waals surface area contributed by atoms with Crippen LogP contribution in [0.2, 0.25) is 0 Å². The minimum absolute atomic E-state index is 0.214. The molecule has 0 spiro atoms. The number of thioether (sulfide) groups is 1. The normalized spacial score (nSPS) is 13.8. The van der Waals surface area contributed by atoms with Crippen LogP contribution in [0.25, 0.3) is 16.8 Å². The molecule has 0 aliphatic carbocycles. The number of carbonyl (C=O) groups excluding carboxylic acids is 1. The van der Waals surface area contributed by atoms with Gasteiger partial charge in [-0.15, -0.1) is 21.5 Å². The van der Waals surface area contributed by atoms with Crippen molar-refractivity contribution in [1.29, 1.82) is 0 Å². The van der Waals surface area contributed by atoms with Gasteiger partial charge in [0.15, 0.2) is 5.82 Å². The number of carbonyl (C=O) groups is 1. The second kappa shape index (κ2) is 8.07. The Hall–Kier alpha value is -2.78. The second-order valence-electron chi connectivity index (χ2n) is 5.73. The zero-order valence-corrected chi connectivity index (χ0v) is 16.5. The molecule has 0 amide bonds. The predicted molar refractivity (Wildman–Crippen MR) is 108 cm³/mol. The van der Waals surface area contributed by atoms with Crippen LogP contribution in [0, 0.1) is 5.82 Å². The molecule has 0 atom stereocenters. The number of benzene rings is 1. The molecule has 142 valence electrons. The van der Waals surface area contributed by atoms with Crippen LogP contribution < -0.4 is 0 Å². The van der Waals surface area contributed by atoms with Crippen molar-refractivity contribution in [3.05, 3.63) is 58.7 Å². The number of hydrogen-bond acceptors (Lipinski definition) is 7. The van der Waals surface area contributed by atoms with Crippen molar-refractivity contribution in [2.24, 2.45) is 5.10 Å². The van der Waals surface area contributed by atoms with Crippen molar-refractivity contribution in [3.8, 4) is 10.7 Å². The van der Waals surface area contributed by atoms with Gasteiger partial charge in [-0.3, -0.25) is 0 Å². The highest BCUT2D eigenvalue weighted by molar-refractivity contribution is 7.99. The Morgan fingerprint density at radius 1 is 1.29 bits per heavy atom. The van der Waals surface area contributed by atoms with Crippen LogP contribution in [0.4, 0.5) is 4.39 Å². The van der Waals surface area contributed by atoms with Gasteiger partial charge in [-0.2, -0.15) is 9.78 Å². The molecule has 0 saturated carbocycles. The first-order valence-corrected chi connectivity index (χ1v) is 10.4. The molecule has 0 fully saturated rings. The van der Waals surface area contributed by atoms with E-state index in [0.717, 1.165) is 4.88 Å².